The normalized spacial score (nSPS) is 11.7. The molecule has 1 aromatic heterocycles. The van der Waals surface area contributed by atoms with E-state index in [1.54, 1.807) is 25.4 Å². The van der Waals surface area contributed by atoms with Crippen molar-refractivity contribution < 1.29 is 14.6 Å². The fourth-order valence-electron chi connectivity index (χ4n) is 3.06. The highest BCUT2D eigenvalue weighted by Gasteiger charge is 2.09. The molecule has 0 fully saturated rings. The van der Waals surface area contributed by atoms with Crippen LogP contribution in [0.1, 0.15) is 19.8 Å². The number of hydrogen-bond donors (Lipinski definition) is 4. The van der Waals surface area contributed by atoms with Gasteiger partial charge in [0.2, 0.25) is 0 Å². The molecule has 0 saturated heterocycles. The number of nitrogens with one attached hydrogen (secondary N) is 3. The van der Waals surface area contributed by atoms with E-state index in [4.69, 9.17) is 4.74 Å². The third-order valence-electron chi connectivity index (χ3n) is 4.54. The molecule has 0 spiro atoms. The molecule has 0 aliphatic heterocycles. The number of pyridine rings is 1. The Labute approximate surface area is 170 Å². The molecule has 3 rings (SSSR count). The van der Waals surface area contributed by atoms with E-state index in [0.717, 1.165) is 35.2 Å². The minimum absolute atomic E-state index is 0.163. The molecular formula is C22H26N4O3. The molecule has 0 bridgehead atoms. The fraction of sp³-hybridized carbons (Fsp3) is 0.273. The molecule has 3 aromatic rings. The predicted octanol–water partition coefficient (Wildman–Crippen LogP) is 4.35. The summed E-state index contributed by atoms with van der Waals surface area (Å²) in [5, 5.41) is 19.4. The Morgan fingerprint density at radius 1 is 1.21 bits per heavy atom. The maximum absolute atomic E-state index is 11.9. The Kier molecular flexibility index (Phi) is 6.73. The number of carbonyl (C=O) groups is 1. The maximum Gasteiger partial charge on any atom is 0.319 e. The minimum Gasteiger partial charge on any atom is -0.508 e. The zero-order valence-corrected chi connectivity index (χ0v) is 16.6. The third kappa shape index (κ3) is 5.75. The highest BCUT2D eigenvalue weighted by molar-refractivity contribution is 5.92. The summed E-state index contributed by atoms with van der Waals surface area (Å²) in [6.45, 7) is 2.66. The highest BCUT2D eigenvalue weighted by atomic mass is 16.5. The third-order valence-corrected chi connectivity index (χ3v) is 4.54. The lowest BCUT2D eigenvalue weighted by atomic mass is 10.1. The molecule has 7 nitrogen and oxygen atoms in total. The first-order valence-electron chi connectivity index (χ1n) is 9.58. The number of ether oxygens (including phenoxy) is 1. The summed E-state index contributed by atoms with van der Waals surface area (Å²) in [6, 6.07) is 14.1. The van der Waals surface area contributed by atoms with Gasteiger partial charge in [-0.3, -0.25) is 4.98 Å². The molecule has 152 valence electrons. The number of amides is 2. The molecule has 1 heterocycles. The summed E-state index contributed by atoms with van der Waals surface area (Å²) in [4.78, 5) is 16.4. The smallest absolute Gasteiger partial charge is 0.319 e. The summed E-state index contributed by atoms with van der Waals surface area (Å²) >= 11 is 0. The molecule has 4 N–H and O–H groups in total. The summed E-state index contributed by atoms with van der Waals surface area (Å²) in [7, 11) is 1.65. The van der Waals surface area contributed by atoms with Gasteiger partial charge >= 0.3 is 6.03 Å². The molecule has 2 amide bonds. The van der Waals surface area contributed by atoms with Crippen molar-refractivity contribution in [2.24, 2.45) is 0 Å². The Morgan fingerprint density at radius 2 is 2.00 bits per heavy atom. The van der Waals surface area contributed by atoms with Gasteiger partial charge in [0.25, 0.3) is 0 Å². The first kappa shape index (κ1) is 20.3. The average Bonchev–Trinajstić information content (AvgIpc) is 2.72. The lowest BCUT2D eigenvalue weighted by Crippen LogP contribution is -2.30. The number of methoxy groups -OCH3 is 1. The Hall–Kier alpha value is -3.48. The summed E-state index contributed by atoms with van der Waals surface area (Å²) in [6.07, 6.45) is 3.48. The molecule has 1 atom stereocenters. The molecule has 0 aliphatic carbocycles. The van der Waals surface area contributed by atoms with Crippen LogP contribution in [0.15, 0.2) is 54.7 Å². The van der Waals surface area contributed by atoms with Gasteiger partial charge in [-0.2, -0.15) is 0 Å². The van der Waals surface area contributed by atoms with Gasteiger partial charge in [0, 0.05) is 35.9 Å². The number of carbonyl (C=O) groups excluding carboxylic acids is 1. The monoisotopic (exact) mass is 394 g/mol. The van der Waals surface area contributed by atoms with Gasteiger partial charge in [-0.15, -0.1) is 0 Å². The molecule has 29 heavy (non-hydrogen) atoms. The average molecular weight is 394 g/mol. The number of benzene rings is 2. The second kappa shape index (κ2) is 9.64. The topological polar surface area (TPSA) is 95.5 Å². The largest absolute Gasteiger partial charge is 0.508 e. The van der Waals surface area contributed by atoms with E-state index in [-0.39, 0.29) is 17.8 Å². The highest BCUT2D eigenvalue weighted by Crippen LogP contribution is 2.28. The van der Waals surface area contributed by atoms with E-state index in [1.165, 1.54) is 12.1 Å². The standard InChI is InChI=1S/C22H26N4O3/c1-15(5-3-12-24-22(28)26-17-7-9-18(27)10-8-17)25-20-14-19(29-2)13-16-6-4-11-23-21(16)20/h4,6-11,13-15,25,27H,3,5,12H2,1-2H3,(H2,24,26,28). The number of anilines is 2. The van der Waals surface area contributed by atoms with Gasteiger partial charge in [0.15, 0.2) is 0 Å². The maximum atomic E-state index is 11.9. The number of urea groups is 1. The van der Waals surface area contributed by atoms with Crippen LogP contribution in [0, 0.1) is 0 Å². The van der Waals surface area contributed by atoms with Crippen molar-refractivity contribution in [1.82, 2.24) is 10.3 Å². The number of phenolic OH excluding ortho intramolecular Hbond substituents is 1. The van der Waals surface area contributed by atoms with Crippen molar-refractivity contribution in [3.8, 4) is 11.5 Å². The zero-order chi connectivity index (χ0) is 20.6. The fourth-order valence-corrected chi connectivity index (χ4v) is 3.06. The number of nitrogens with zero attached hydrogens (tertiary/aromatic N) is 1. The molecule has 0 radical (unpaired) electrons. The van der Waals surface area contributed by atoms with Crippen LogP contribution in [0.4, 0.5) is 16.2 Å². The number of phenols is 1. The van der Waals surface area contributed by atoms with Crippen molar-refractivity contribution in [2.75, 3.05) is 24.3 Å². The lowest BCUT2D eigenvalue weighted by molar-refractivity contribution is 0.252. The van der Waals surface area contributed by atoms with Crippen LogP contribution in [0.3, 0.4) is 0 Å². The number of fused-ring (bicyclic) bond motifs is 1. The SMILES string of the molecule is COc1cc(NC(C)CCCNC(=O)Nc2ccc(O)cc2)c2ncccc2c1. The quantitative estimate of drug-likeness (QED) is 0.336. The number of aromatic hydroxyl groups is 1. The second-order valence-electron chi connectivity index (χ2n) is 6.87. The Bertz CT molecular complexity index is 960. The number of hydrogen-bond acceptors (Lipinski definition) is 5. The van der Waals surface area contributed by atoms with E-state index < -0.39 is 0 Å². The Morgan fingerprint density at radius 3 is 2.76 bits per heavy atom. The molecule has 0 saturated carbocycles. The van der Waals surface area contributed by atoms with Gasteiger partial charge < -0.3 is 25.8 Å². The summed E-state index contributed by atoms with van der Waals surface area (Å²) in [5.74, 6) is 0.948. The van der Waals surface area contributed by atoms with Crippen LogP contribution >= 0.6 is 0 Å². The van der Waals surface area contributed by atoms with Gasteiger partial charge in [0.05, 0.1) is 18.3 Å². The van der Waals surface area contributed by atoms with E-state index in [2.05, 4.69) is 27.9 Å². The second-order valence-corrected chi connectivity index (χ2v) is 6.87. The van der Waals surface area contributed by atoms with Gasteiger partial charge in [-0.1, -0.05) is 6.07 Å². The van der Waals surface area contributed by atoms with E-state index in [9.17, 15) is 9.90 Å². The first-order chi connectivity index (χ1) is 14.0. The molecule has 1 unspecified atom stereocenters. The predicted molar refractivity (Wildman–Crippen MR) is 116 cm³/mol. The Balaban J connectivity index is 1.46. The van der Waals surface area contributed by atoms with Crippen LogP contribution in [-0.2, 0) is 0 Å². The van der Waals surface area contributed by atoms with Gasteiger partial charge in [-0.25, -0.2) is 4.79 Å². The van der Waals surface area contributed by atoms with Crippen LogP contribution < -0.4 is 20.7 Å². The van der Waals surface area contributed by atoms with Crippen molar-refractivity contribution in [2.45, 2.75) is 25.8 Å². The minimum atomic E-state index is -0.265. The lowest BCUT2D eigenvalue weighted by Gasteiger charge is -2.17. The van der Waals surface area contributed by atoms with E-state index in [1.807, 2.05) is 24.3 Å². The number of aromatic nitrogens is 1. The van der Waals surface area contributed by atoms with Crippen LogP contribution in [0.2, 0.25) is 0 Å². The van der Waals surface area contributed by atoms with Crippen molar-refractivity contribution in [3.05, 3.63) is 54.7 Å². The molecular weight excluding hydrogens is 368 g/mol. The van der Waals surface area contributed by atoms with E-state index in [0.29, 0.717) is 12.2 Å². The van der Waals surface area contributed by atoms with Crippen molar-refractivity contribution in [1.29, 1.82) is 0 Å². The number of rotatable bonds is 8. The molecule has 0 aliphatic rings. The van der Waals surface area contributed by atoms with Crippen LogP contribution in [0.5, 0.6) is 11.5 Å². The van der Waals surface area contributed by atoms with Crippen molar-refractivity contribution >= 4 is 28.3 Å². The van der Waals surface area contributed by atoms with Gasteiger partial charge in [0.1, 0.15) is 11.5 Å². The van der Waals surface area contributed by atoms with E-state index >= 15 is 0 Å². The first-order valence-corrected chi connectivity index (χ1v) is 9.58. The van der Waals surface area contributed by atoms with Crippen LogP contribution in [0.25, 0.3) is 10.9 Å². The summed E-state index contributed by atoms with van der Waals surface area (Å²) in [5.41, 5.74) is 2.48. The van der Waals surface area contributed by atoms with Crippen molar-refractivity contribution in [3.63, 3.8) is 0 Å². The van der Waals surface area contributed by atoms with Gasteiger partial charge in [-0.05, 0) is 56.2 Å². The molecule has 7 heteroatoms. The zero-order valence-electron chi connectivity index (χ0n) is 16.6. The summed E-state index contributed by atoms with van der Waals surface area (Å²) < 4.78 is 5.39. The van der Waals surface area contributed by atoms with Crippen LogP contribution in [-0.4, -0.2) is 35.8 Å². The molecule has 2 aromatic carbocycles.